The lowest BCUT2D eigenvalue weighted by Gasteiger charge is -2.47. The van der Waals surface area contributed by atoms with Crippen LogP contribution in [-0.2, 0) is 4.79 Å². The molecule has 3 rings (SSSR count). The van der Waals surface area contributed by atoms with E-state index in [-0.39, 0.29) is 18.1 Å². The van der Waals surface area contributed by atoms with Crippen LogP contribution in [0.3, 0.4) is 0 Å². The molecule has 154 valence electrons. The average molecular weight is 414 g/mol. The van der Waals surface area contributed by atoms with E-state index in [9.17, 15) is 4.79 Å². The van der Waals surface area contributed by atoms with Crippen molar-refractivity contribution in [3.63, 3.8) is 0 Å². The molecule has 0 aromatic heterocycles. The first-order valence-corrected chi connectivity index (χ1v) is 10.3. The van der Waals surface area contributed by atoms with E-state index in [1.807, 2.05) is 6.07 Å². The predicted molar refractivity (Wildman–Crippen MR) is 119 cm³/mol. The Morgan fingerprint density at radius 3 is 2.86 bits per heavy atom. The molecule has 0 spiro atoms. The molecule has 1 atom stereocenters. The van der Waals surface area contributed by atoms with Crippen LogP contribution in [0.15, 0.2) is 47.6 Å². The van der Waals surface area contributed by atoms with Gasteiger partial charge in [-0.25, -0.2) is 5.43 Å². The van der Waals surface area contributed by atoms with Crippen molar-refractivity contribution < 1.29 is 9.53 Å². The normalized spacial score (nSPS) is 17.8. The van der Waals surface area contributed by atoms with E-state index in [4.69, 9.17) is 16.3 Å². The lowest BCUT2D eigenvalue weighted by Crippen LogP contribution is -2.48. The number of nitrogens with one attached hydrogen (secondary N) is 1. The second kappa shape index (κ2) is 8.87. The number of amides is 1. The van der Waals surface area contributed by atoms with Gasteiger partial charge in [0.2, 0.25) is 0 Å². The topological polar surface area (TPSA) is 53.9 Å². The van der Waals surface area contributed by atoms with Crippen LogP contribution >= 0.6 is 11.6 Å². The molecule has 5 nitrogen and oxygen atoms in total. The zero-order chi connectivity index (χ0) is 21.0. The Morgan fingerprint density at radius 1 is 1.34 bits per heavy atom. The van der Waals surface area contributed by atoms with Crippen molar-refractivity contribution in [2.45, 2.75) is 45.6 Å². The number of ether oxygens (including phenoxy) is 1. The van der Waals surface area contributed by atoms with Crippen LogP contribution in [0.2, 0.25) is 5.02 Å². The van der Waals surface area contributed by atoms with Crippen LogP contribution in [0.5, 0.6) is 5.75 Å². The number of anilines is 1. The maximum Gasteiger partial charge on any atom is 0.277 e. The third-order valence-corrected chi connectivity index (χ3v) is 5.53. The number of hydrazone groups is 1. The van der Waals surface area contributed by atoms with Gasteiger partial charge >= 0.3 is 0 Å². The highest BCUT2D eigenvalue weighted by molar-refractivity contribution is 6.30. The maximum atomic E-state index is 11.9. The number of hydrogen-bond acceptors (Lipinski definition) is 4. The van der Waals surface area contributed by atoms with E-state index in [0.29, 0.717) is 16.7 Å². The molecule has 0 aliphatic carbocycles. The third kappa shape index (κ3) is 5.10. The molecule has 2 aromatic carbocycles. The number of halogens is 1. The number of carbonyl (C=O) groups is 1. The zero-order valence-electron chi connectivity index (χ0n) is 17.4. The molecule has 1 amide bonds. The van der Waals surface area contributed by atoms with Crippen molar-refractivity contribution >= 4 is 29.4 Å². The van der Waals surface area contributed by atoms with Gasteiger partial charge < -0.3 is 9.64 Å². The first kappa shape index (κ1) is 21.2. The second-order valence-corrected chi connectivity index (χ2v) is 8.46. The van der Waals surface area contributed by atoms with E-state index in [1.165, 1.54) is 11.3 Å². The maximum absolute atomic E-state index is 11.9. The standard InChI is InChI=1S/C23H28ClN3O2/c1-5-27-21-10-9-17(11-20(21)16(2)13-23(27,3)4)14-25-26-22(28)15-29-19-8-6-7-18(24)12-19/h6-12,14,16H,5,13,15H2,1-4H3,(H,26,28)/b25-14+/t16-/m0/s1. The van der Waals surface area contributed by atoms with Crippen molar-refractivity contribution in [3.05, 3.63) is 58.6 Å². The Morgan fingerprint density at radius 2 is 2.14 bits per heavy atom. The molecule has 0 bridgehead atoms. The third-order valence-electron chi connectivity index (χ3n) is 5.29. The van der Waals surface area contributed by atoms with Gasteiger partial charge in [-0.15, -0.1) is 0 Å². The van der Waals surface area contributed by atoms with Gasteiger partial charge in [-0.3, -0.25) is 4.79 Å². The molecule has 6 heteroatoms. The van der Waals surface area contributed by atoms with Gasteiger partial charge in [0.1, 0.15) is 5.75 Å². The lowest BCUT2D eigenvalue weighted by molar-refractivity contribution is -0.123. The first-order valence-electron chi connectivity index (χ1n) is 9.92. The summed E-state index contributed by atoms with van der Waals surface area (Å²) in [4.78, 5) is 14.4. The van der Waals surface area contributed by atoms with Crippen molar-refractivity contribution in [1.29, 1.82) is 0 Å². The molecule has 2 aromatic rings. The van der Waals surface area contributed by atoms with Crippen LogP contribution < -0.4 is 15.1 Å². The largest absolute Gasteiger partial charge is 0.484 e. The predicted octanol–water partition coefficient (Wildman–Crippen LogP) is 4.98. The monoisotopic (exact) mass is 413 g/mol. The number of rotatable bonds is 6. The Balaban J connectivity index is 1.61. The second-order valence-electron chi connectivity index (χ2n) is 8.02. The molecular formula is C23H28ClN3O2. The molecule has 0 unspecified atom stereocenters. The molecule has 0 saturated heterocycles. The van der Waals surface area contributed by atoms with Crippen LogP contribution in [0.4, 0.5) is 5.69 Å². The summed E-state index contributed by atoms with van der Waals surface area (Å²) in [6, 6.07) is 13.3. The number of carbonyl (C=O) groups excluding carboxylic acids is 1. The van der Waals surface area contributed by atoms with Crippen molar-refractivity contribution in [1.82, 2.24) is 5.43 Å². The fourth-order valence-corrected chi connectivity index (χ4v) is 4.28. The van der Waals surface area contributed by atoms with Crippen LogP contribution in [0.1, 0.15) is 51.2 Å². The van der Waals surface area contributed by atoms with Gasteiger partial charge in [0.15, 0.2) is 6.61 Å². The summed E-state index contributed by atoms with van der Waals surface area (Å²) in [7, 11) is 0. The molecule has 1 aliphatic rings. The van der Waals surface area contributed by atoms with Crippen LogP contribution in [-0.4, -0.2) is 30.8 Å². The minimum atomic E-state index is -0.327. The Labute approximate surface area is 177 Å². The average Bonchev–Trinajstić information content (AvgIpc) is 2.66. The zero-order valence-corrected chi connectivity index (χ0v) is 18.2. The van der Waals surface area contributed by atoms with Crippen molar-refractivity contribution in [2.75, 3.05) is 18.1 Å². The van der Waals surface area contributed by atoms with Crippen LogP contribution in [0.25, 0.3) is 0 Å². The van der Waals surface area contributed by atoms with Gasteiger partial charge in [0.05, 0.1) is 6.21 Å². The van der Waals surface area contributed by atoms with E-state index in [0.717, 1.165) is 18.5 Å². The summed E-state index contributed by atoms with van der Waals surface area (Å²) in [6.07, 6.45) is 2.77. The van der Waals surface area contributed by atoms with Crippen molar-refractivity contribution in [2.24, 2.45) is 5.10 Å². The highest BCUT2D eigenvalue weighted by atomic mass is 35.5. The SMILES string of the molecule is CCN1c2ccc(/C=N/NC(=O)COc3cccc(Cl)c3)cc2[C@@H](C)CC1(C)C. The summed E-state index contributed by atoms with van der Waals surface area (Å²) >= 11 is 5.90. The van der Waals surface area contributed by atoms with Gasteiger partial charge in [0, 0.05) is 22.8 Å². The highest BCUT2D eigenvalue weighted by Crippen LogP contribution is 2.43. The smallest absolute Gasteiger partial charge is 0.277 e. The summed E-state index contributed by atoms with van der Waals surface area (Å²) in [5.41, 5.74) is 6.22. The molecular weight excluding hydrogens is 386 g/mol. The molecule has 0 fully saturated rings. The highest BCUT2D eigenvalue weighted by Gasteiger charge is 2.35. The minimum Gasteiger partial charge on any atom is -0.484 e. The fraction of sp³-hybridized carbons (Fsp3) is 0.391. The molecule has 1 N–H and O–H groups in total. The van der Waals surface area contributed by atoms with Gasteiger partial charge in [-0.1, -0.05) is 30.7 Å². The lowest BCUT2D eigenvalue weighted by atomic mass is 9.79. The molecule has 1 heterocycles. The number of fused-ring (bicyclic) bond motifs is 1. The quantitative estimate of drug-likeness (QED) is 0.536. The summed E-state index contributed by atoms with van der Waals surface area (Å²) < 4.78 is 5.41. The summed E-state index contributed by atoms with van der Waals surface area (Å²) in [5.74, 6) is 0.687. The van der Waals surface area contributed by atoms with Crippen molar-refractivity contribution in [3.8, 4) is 5.75 Å². The summed E-state index contributed by atoms with van der Waals surface area (Å²) in [6.45, 7) is 9.91. The molecule has 0 radical (unpaired) electrons. The molecule has 1 aliphatic heterocycles. The summed E-state index contributed by atoms with van der Waals surface area (Å²) in [5, 5.41) is 4.63. The number of nitrogens with zero attached hydrogens (tertiary/aromatic N) is 2. The van der Waals surface area contributed by atoms with Crippen LogP contribution in [0, 0.1) is 0 Å². The van der Waals surface area contributed by atoms with Gasteiger partial charge in [-0.2, -0.15) is 5.10 Å². The van der Waals surface area contributed by atoms with E-state index >= 15 is 0 Å². The minimum absolute atomic E-state index is 0.126. The Hall–Kier alpha value is -2.53. The van der Waals surface area contributed by atoms with Gasteiger partial charge in [-0.05, 0) is 74.6 Å². The fourth-order valence-electron chi connectivity index (χ4n) is 4.10. The first-order chi connectivity index (χ1) is 13.8. The Bertz CT molecular complexity index is 911. The Kier molecular flexibility index (Phi) is 6.48. The van der Waals surface area contributed by atoms with E-state index in [1.54, 1.807) is 30.5 Å². The van der Waals surface area contributed by atoms with E-state index in [2.05, 4.69) is 55.3 Å². The molecule has 0 saturated carbocycles. The van der Waals surface area contributed by atoms with E-state index < -0.39 is 0 Å². The number of hydrogen-bond donors (Lipinski definition) is 1. The number of benzene rings is 2. The van der Waals surface area contributed by atoms with Gasteiger partial charge in [0.25, 0.3) is 5.91 Å². The molecule has 29 heavy (non-hydrogen) atoms.